The zero-order valence-electron chi connectivity index (χ0n) is 13.1. The largest absolute Gasteiger partial charge is 0.383 e. The van der Waals surface area contributed by atoms with E-state index in [0.717, 1.165) is 16.8 Å². The summed E-state index contributed by atoms with van der Waals surface area (Å²) in [5, 5.41) is 0. The summed E-state index contributed by atoms with van der Waals surface area (Å²) in [7, 11) is 0. The molecule has 0 aliphatic rings. The maximum absolute atomic E-state index is 6.09. The molecule has 0 spiro atoms. The minimum absolute atomic E-state index is 0.139. The summed E-state index contributed by atoms with van der Waals surface area (Å²) < 4.78 is 5.79. The average Bonchev–Trinajstić information content (AvgIpc) is 2.48. The Kier molecular flexibility index (Phi) is 4.91. The Labute approximate surface area is 126 Å². The third-order valence-corrected chi connectivity index (χ3v) is 3.45. The summed E-state index contributed by atoms with van der Waals surface area (Å²) in [5.41, 5.74) is 8.92. The lowest BCUT2D eigenvalue weighted by Gasteiger charge is -2.21. The number of nitrogen functional groups attached to an aromatic ring is 1. The van der Waals surface area contributed by atoms with E-state index in [4.69, 9.17) is 15.5 Å². The Hall–Kier alpha value is -1.94. The first-order valence-electron chi connectivity index (χ1n) is 7.35. The molecule has 112 valence electrons. The molecule has 0 aliphatic heterocycles. The lowest BCUT2D eigenvalue weighted by Crippen LogP contribution is -2.16. The van der Waals surface area contributed by atoms with Gasteiger partial charge in [-0.3, -0.25) is 0 Å². The van der Waals surface area contributed by atoms with Crippen molar-refractivity contribution >= 4 is 5.82 Å². The lowest BCUT2D eigenvalue weighted by molar-refractivity contribution is 0.0234. The number of nitrogens with two attached hydrogens (primary N) is 1. The first kappa shape index (κ1) is 15.4. The number of ether oxygens (including phenoxy) is 1. The fourth-order valence-electron chi connectivity index (χ4n) is 2.30. The molecule has 4 heteroatoms. The molecule has 1 aromatic carbocycles. The fraction of sp³-hybridized carbons (Fsp3) is 0.412. The zero-order chi connectivity index (χ0) is 15.4. The number of hydrogen-bond acceptors (Lipinski definition) is 4. The van der Waals surface area contributed by atoms with Crippen LogP contribution in [0.15, 0.2) is 30.3 Å². The zero-order valence-corrected chi connectivity index (χ0v) is 13.1. The second-order valence-corrected chi connectivity index (χ2v) is 5.43. The van der Waals surface area contributed by atoms with E-state index in [2.05, 4.69) is 18.8 Å². The van der Waals surface area contributed by atoms with Crippen LogP contribution in [0.1, 0.15) is 38.3 Å². The van der Waals surface area contributed by atoms with E-state index in [1.165, 1.54) is 0 Å². The van der Waals surface area contributed by atoms with Gasteiger partial charge in [-0.05, 0) is 19.8 Å². The van der Waals surface area contributed by atoms with Crippen molar-refractivity contribution in [2.24, 2.45) is 5.92 Å². The van der Waals surface area contributed by atoms with E-state index in [1.807, 2.05) is 44.2 Å². The van der Waals surface area contributed by atoms with Gasteiger partial charge in [0, 0.05) is 17.7 Å². The first-order chi connectivity index (χ1) is 10.0. The Morgan fingerprint density at radius 1 is 1.14 bits per heavy atom. The highest BCUT2D eigenvalue weighted by atomic mass is 16.5. The average molecular weight is 285 g/mol. The van der Waals surface area contributed by atoms with Crippen LogP contribution < -0.4 is 5.73 Å². The molecule has 0 saturated carbocycles. The van der Waals surface area contributed by atoms with Crippen LogP contribution in [0.25, 0.3) is 11.3 Å². The van der Waals surface area contributed by atoms with Crippen LogP contribution in [0.5, 0.6) is 0 Å². The Morgan fingerprint density at radius 3 is 2.38 bits per heavy atom. The Morgan fingerprint density at radius 2 is 1.81 bits per heavy atom. The van der Waals surface area contributed by atoms with E-state index in [9.17, 15) is 0 Å². The molecular weight excluding hydrogens is 262 g/mol. The predicted molar refractivity (Wildman–Crippen MR) is 85.8 cm³/mol. The second-order valence-electron chi connectivity index (χ2n) is 5.43. The number of nitrogens with zero attached hydrogens (tertiary/aromatic N) is 2. The fourth-order valence-corrected chi connectivity index (χ4v) is 2.30. The van der Waals surface area contributed by atoms with Crippen LogP contribution in [0, 0.1) is 12.8 Å². The topological polar surface area (TPSA) is 61.0 Å². The third kappa shape index (κ3) is 3.39. The molecule has 2 N–H and O–H groups in total. The maximum Gasteiger partial charge on any atom is 0.160 e. The molecule has 1 atom stereocenters. The van der Waals surface area contributed by atoms with Gasteiger partial charge in [-0.2, -0.15) is 0 Å². The van der Waals surface area contributed by atoms with Gasteiger partial charge >= 0.3 is 0 Å². The molecular formula is C17H23N3O. The standard InChI is InChI=1S/C17H23N3O/c1-5-21-15(11(2)3)17-19-14(12(4)16(18)20-17)13-9-7-6-8-10-13/h6-11,15H,5H2,1-4H3,(H2,18,19,20). The molecule has 4 nitrogen and oxygen atoms in total. The summed E-state index contributed by atoms with van der Waals surface area (Å²) in [6.07, 6.45) is -0.139. The van der Waals surface area contributed by atoms with Gasteiger partial charge in [-0.25, -0.2) is 9.97 Å². The van der Waals surface area contributed by atoms with Gasteiger partial charge in [0.25, 0.3) is 0 Å². The summed E-state index contributed by atoms with van der Waals surface area (Å²) in [5.74, 6) is 1.47. The summed E-state index contributed by atoms with van der Waals surface area (Å²) in [6.45, 7) is 8.75. The van der Waals surface area contributed by atoms with E-state index < -0.39 is 0 Å². The third-order valence-electron chi connectivity index (χ3n) is 3.45. The van der Waals surface area contributed by atoms with Crippen LogP contribution in [-0.2, 0) is 4.74 Å². The highest BCUT2D eigenvalue weighted by Gasteiger charge is 2.21. The molecule has 21 heavy (non-hydrogen) atoms. The SMILES string of the molecule is CCOC(c1nc(N)c(C)c(-c2ccccc2)n1)C(C)C. The normalized spacial score (nSPS) is 12.6. The Bertz CT molecular complexity index is 596. The molecule has 0 aliphatic carbocycles. The van der Waals surface area contributed by atoms with Gasteiger partial charge in [-0.1, -0.05) is 44.2 Å². The Balaban J connectivity index is 2.52. The van der Waals surface area contributed by atoms with Gasteiger partial charge in [0.15, 0.2) is 5.82 Å². The number of rotatable bonds is 5. The van der Waals surface area contributed by atoms with Crippen LogP contribution >= 0.6 is 0 Å². The van der Waals surface area contributed by atoms with Crippen molar-refractivity contribution < 1.29 is 4.74 Å². The van der Waals surface area contributed by atoms with Crippen LogP contribution in [0.3, 0.4) is 0 Å². The molecule has 0 bridgehead atoms. The van der Waals surface area contributed by atoms with Crippen molar-refractivity contribution in [1.29, 1.82) is 0 Å². The predicted octanol–water partition coefficient (Wildman–Crippen LogP) is 3.77. The second kappa shape index (κ2) is 6.68. The van der Waals surface area contributed by atoms with E-state index in [0.29, 0.717) is 18.2 Å². The summed E-state index contributed by atoms with van der Waals surface area (Å²) >= 11 is 0. The molecule has 1 aromatic heterocycles. The van der Waals surface area contributed by atoms with Crippen LogP contribution in [0.2, 0.25) is 0 Å². The van der Waals surface area contributed by atoms with Crippen molar-refractivity contribution in [2.45, 2.75) is 33.8 Å². The number of hydrogen-bond donors (Lipinski definition) is 1. The number of aromatic nitrogens is 2. The van der Waals surface area contributed by atoms with Crippen molar-refractivity contribution in [1.82, 2.24) is 9.97 Å². The van der Waals surface area contributed by atoms with E-state index in [-0.39, 0.29) is 12.0 Å². The maximum atomic E-state index is 6.09. The summed E-state index contributed by atoms with van der Waals surface area (Å²) in [6, 6.07) is 10.0. The lowest BCUT2D eigenvalue weighted by atomic mass is 10.0. The summed E-state index contributed by atoms with van der Waals surface area (Å²) in [4.78, 5) is 9.17. The molecule has 0 saturated heterocycles. The molecule has 1 heterocycles. The van der Waals surface area contributed by atoms with Gasteiger partial charge < -0.3 is 10.5 Å². The van der Waals surface area contributed by atoms with Gasteiger partial charge in [0.1, 0.15) is 11.9 Å². The first-order valence-corrected chi connectivity index (χ1v) is 7.35. The van der Waals surface area contributed by atoms with Crippen molar-refractivity contribution in [3.05, 3.63) is 41.7 Å². The van der Waals surface area contributed by atoms with Crippen molar-refractivity contribution in [3.8, 4) is 11.3 Å². The number of anilines is 1. The van der Waals surface area contributed by atoms with Crippen LogP contribution in [0.4, 0.5) is 5.82 Å². The highest BCUT2D eigenvalue weighted by molar-refractivity contribution is 5.67. The molecule has 2 rings (SSSR count). The highest BCUT2D eigenvalue weighted by Crippen LogP contribution is 2.29. The monoisotopic (exact) mass is 285 g/mol. The quantitative estimate of drug-likeness (QED) is 0.908. The molecule has 0 amide bonds. The van der Waals surface area contributed by atoms with Gasteiger partial charge in [-0.15, -0.1) is 0 Å². The molecule has 1 unspecified atom stereocenters. The van der Waals surface area contributed by atoms with Gasteiger partial charge in [0.2, 0.25) is 0 Å². The van der Waals surface area contributed by atoms with Gasteiger partial charge in [0.05, 0.1) is 5.69 Å². The smallest absolute Gasteiger partial charge is 0.160 e. The minimum atomic E-state index is -0.139. The van der Waals surface area contributed by atoms with Crippen LogP contribution in [-0.4, -0.2) is 16.6 Å². The van der Waals surface area contributed by atoms with Crippen molar-refractivity contribution in [2.75, 3.05) is 12.3 Å². The molecule has 0 fully saturated rings. The minimum Gasteiger partial charge on any atom is -0.383 e. The molecule has 0 radical (unpaired) electrons. The van der Waals surface area contributed by atoms with E-state index >= 15 is 0 Å². The number of benzene rings is 1. The van der Waals surface area contributed by atoms with Crippen molar-refractivity contribution in [3.63, 3.8) is 0 Å². The molecule has 2 aromatic rings. The van der Waals surface area contributed by atoms with E-state index in [1.54, 1.807) is 0 Å².